The number of fused-ring (bicyclic) bond motifs is 2. The molecule has 16 heteroatoms. The molecule has 6 N–H and O–H groups in total. The van der Waals surface area contributed by atoms with Gasteiger partial charge in [0.1, 0.15) is 18.3 Å². The highest BCUT2D eigenvalue weighted by Gasteiger charge is 2.67. The zero-order valence-corrected chi connectivity index (χ0v) is 30.5. The Hall–Kier alpha value is -2.80. The van der Waals surface area contributed by atoms with E-state index in [1.165, 1.54) is 0 Å². The maximum atomic E-state index is 16.3. The lowest BCUT2D eigenvalue weighted by molar-refractivity contribution is -0.274. The van der Waals surface area contributed by atoms with E-state index < -0.39 is 74.1 Å². The third-order valence-electron chi connectivity index (χ3n) is 10.6. The van der Waals surface area contributed by atoms with Gasteiger partial charge in [0.15, 0.2) is 18.0 Å². The van der Waals surface area contributed by atoms with Crippen molar-refractivity contribution >= 4 is 53.4 Å². The molecule has 0 radical (unpaired) electrons. The van der Waals surface area contributed by atoms with Crippen LogP contribution in [-0.4, -0.2) is 113 Å². The molecular weight excluding hydrogens is 737 g/mol. The summed E-state index contributed by atoms with van der Waals surface area (Å²) >= 11 is 3.52. The molecule has 272 valence electrons. The second-order valence-corrected chi connectivity index (χ2v) is 18.9. The predicted octanol–water partition coefficient (Wildman–Crippen LogP) is 1.88. The highest BCUT2D eigenvalue weighted by Crippen LogP contribution is 2.60. The van der Waals surface area contributed by atoms with Crippen LogP contribution in [0.3, 0.4) is 0 Å². The summed E-state index contributed by atoms with van der Waals surface area (Å²) in [6.07, 6.45) is -8.48. The first kappa shape index (κ1) is 37.0. The fourth-order valence-electron chi connectivity index (χ4n) is 8.24. The summed E-state index contributed by atoms with van der Waals surface area (Å²) < 4.78 is 28.7. The average Bonchev–Trinajstić information content (AvgIpc) is 3.72. The number of carbonyl (C=O) groups excluding carboxylic acids is 3. The predicted molar refractivity (Wildman–Crippen MR) is 184 cm³/mol. The quantitative estimate of drug-likeness (QED) is 0.171. The van der Waals surface area contributed by atoms with Gasteiger partial charge in [-0.25, -0.2) is 0 Å². The smallest absolute Gasteiger partial charge is 0.264 e. The van der Waals surface area contributed by atoms with Gasteiger partial charge in [0.05, 0.1) is 37.4 Å². The molecule has 13 nitrogen and oxygen atoms in total. The van der Waals surface area contributed by atoms with Crippen molar-refractivity contribution < 1.29 is 53.5 Å². The van der Waals surface area contributed by atoms with Crippen LogP contribution >= 0.6 is 15.9 Å². The van der Waals surface area contributed by atoms with Crippen molar-refractivity contribution in [2.24, 2.45) is 5.92 Å². The van der Waals surface area contributed by atoms with Crippen LogP contribution < -0.4 is 10.2 Å². The Morgan fingerprint density at radius 3 is 2.54 bits per heavy atom. The molecule has 0 saturated carbocycles. The van der Waals surface area contributed by atoms with Crippen LogP contribution in [0.1, 0.15) is 37.3 Å². The Kier molecular flexibility index (Phi) is 10.3. The van der Waals surface area contributed by atoms with Gasteiger partial charge in [0, 0.05) is 33.7 Å². The number of halogens is 2. The Morgan fingerprint density at radius 1 is 1.10 bits per heavy atom. The molecule has 2 aromatic carbocycles. The van der Waals surface area contributed by atoms with Gasteiger partial charge in [-0.2, -0.15) is 0 Å². The molecule has 4 aliphatic heterocycles. The maximum absolute atomic E-state index is 16.3. The van der Waals surface area contributed by atoms with Crippen molar-refractivity contribution in [3.8, 4) is 0 Å². The fraction of sp³-hybridized carbons (Fsp3) is 0.559. The Balaban J connectivity index is 1.27. The lowest BCUT2D eigenvalue weighted by Gasteiger charge is -2.37. The van der Waals surface area contributed by atoms with Gasteiger partial charge in [-0.1, -0.05) is 35.0 Å². The number of amides is 3. The van der Waals surface area contributed by atoms with Crippen molar-refractivity contribution in [2.75, 3.05) is 23.4 Å². The zero-order valence-electron chi connectivity index (χ0n) is 27.9. The van der Waals surface area contributed by atoms with Crippen LogP contribution in [0.25, 0.3) is 0 Å². The van der Waals surface area contributed by atoms with E-state index in [-0.39, 0.29) is 37.2 Å². The van der Waals surface area contributed by atoms with Gasteiger partial charge in [-0.3, -0.25) is 14.4 Å². The largest absolute Gasteiger partial charge is 0.394 e. The third-order valence-corrected chi connectivity index (χ3v) is 13.5. The van der Waals surface area contributed by atoms with Crippen LogP contribution in [0.4, 0.5) is 15.5 Å². The lowest BCUT2D eigenvalue weighted by Crippen LogP contribution is -2.60. The highest BCUT2D eigenvalue weighted by atomic mass is 79.9. The van der Waals surface area contributed by atoms with Crippen molar-refractivity contribution in [1.29, 1.82) is 0 Å². The van der Waals surface area contributed by atoms with E-state index in [9.17, 15) is 39.9 Å². The van der Waals surface area contributed by atoms with Gasteiger partial charge >= 0.3 is 0 Å². The van der Waals surface area contributed by atoms with Gasteiger partial charge in [-0.15, -0.1) is 0 Å². The minimum absolute atomic E-state index is 0.0395. The number of rotatable bonds is 8. The number of aliphatic hydroxyl groups excluding tert-OH is 5. The minimum atomic E-state index is -3.53. The Bertz CT molecular complexity index is 1650. The monoisotopic (exact) mass is 779 g/mol. The van der Waals surface area contributed by atoms with Crippen molar-refractivity contribution in [3.05, 3.63) is 58.1 Å². The number of nitrogens with zero attached hydrogens (tertiary/aromatic N) is 2. The first-order valence-corrected chi connectivity index (χ1v) is 20.5. The zero-order chi connectivity index (χ0) is 36.3. The molecule has 3 amide bonds. The van der Waals surface area contributed by atoms with Crippen LogP contribution in [-0.2, 0) is 36.0 Å². The molecule has 10 atom stereocenters. The minimum Gasteiger partial charge on any atom is -0.394 e. The molecule has 4 heterocycles. The summed E-state index contributed by atoms with van der Waals surface area (Å²) in [6.45, 7) is 5.34. The van der Waals surface area contributed by atoms with Crippen molar-refractivity contribution in [2.45, 2.75) is 99.8 Å². The molecule has 6 rings (SSSR count). The fourth-order valence-corrected chi connectivity index (χ4v) is 11.1. The molecule has 0 unspecified atom stereocenters. The molecule has 3 fully saturated rings. The average molecular weight is 781 g/mol. The molecule has 4 aliphatic rings. The summed E-state index contributed by atoms with van der Waals surface area (Å²) in [7, 11) is -3.53. The maximum Gasteiger partial charge on any atom is 0.264 e. The molecule has 3 saturated heterocycles. The standard InChI is InChI=1S/C34H43BrFN3O10Si/c1-17-30(50(2,3)36)24(14-25(41)38-11-5-8-21(38)16-40)49-34(17)22-13-19(35)9-10-23(22)39(33(34)47)15-18-6-4-7-20(12-18)37-31(45)29-27(43)26(42)28(44)32(46)48-29/h4,6-7,9-10,12-13,17,21,24,26-30,32,40,42-44,46H,5,8,11,14-16H2,1-3H3,(H,37,45)/t17-,21+,24+,26+,27+,28-,29+,30-,32-,34+/m1/s1. The Labute approximate surface area is 298 Å². The lowest BCUT2D eigenvalue weighted by atomic mass is 9.82. The SMILES string of the molecule is C[C@@H]1[C@@H]([Si](C)(C)F)[C@H](CC(=O)N2CCC[C@H]2CO)O[C@@]12C(=O)N(Cc1cccc(NC(=O)[C@H]3O[C@@H](O)[C@H](O)[C@@H](O)[C@@H]3O)c1)c1ccc(Br)cc12. The van der Waals surface area contributed by atoms with Crippen molar-refractivity contribution in [1.82, 2.24) is 4.90 Å². The highest BCUT2D eigenvalue weighted by molar-refractivity contribution is 9.10. The van der Waals surface area contributed by atoms with E-state index in [1.54, 1.807) is 65.4 Å². The van der Waals surface area contributed by atoms with Gasteiger partial charge in [0.2, 0.25) is 14.3 Å². The molecular formula is C34H43BrFN3O10Si. The van der Waals surface area contributed by atoms with Crippen LogP contribution in [0, 0.1) is 5.92 Å². The van der Waals surface area contributed by atoms with E-state index in [2.05, 4.69) is 21.2 Å². The molecule has 1 spiro atoms. The van der Waals surface area contributed by atoms with E-state index >= 15 is 4.11 Å². The summed E-state index contributed by atoms with van der Waals surface area (Å²) in [4.78, 5) is 44.4. The number of carbonyl (C=O) groups is 3. The number of anilines is 2. The summed E-state index contributed by atoms with van der Waals surface area (Å²) in [5, 5.41) is 52.3. The second-order valence-electron chi connectivity index (χ2n) is 14.2. The number of nitrogens with one attached hydrogen (secondary N) is 1. The first-order chi connectivity index (χ1) is 23.6. The summed E-state index contributed by atoms with van der Waals surface area (Å²) in [5.74, 6) is -2.13. The van der Waals surface area contributed by atoms with E-state index in [4.69, 9.17) is 9.47 Å². The topological polar surface area (TPSA) is 189 Å². The Morgan fingerprint density at radius 2 is 1.84 bits per heavy atom. The molecule has 2 aromatic rings. The first-order valence-electron chi connectivity index (χ1n) is 16.7. The number of aliphatic hydroxyl groups is 5. The second kappa shape index (κ2) is 14.0. The summed E-state index contributed by atoms with van der Waals surface area (Å²) in [5.41, 5.74) is -0.271. The number of benzene rings is 2. The number of likely N-dealkylation sites (tertiary alicyclic amines) is 1. The molecule has 0 bridgehead atoms. The van der Waals surface area contributed by atoms with E-state index in [0.717, 1.165) is 6.42 Å². The van der Waals surface area contributed by atoms with Crippen LogP contribution in [0.2, 0.25) is 18.6 Å². The van der Waals surface area contributed by atoms with Gasteiger partial charge in [-0.05, 0) is 61.8 Å². The third kappa shape index (κ3) is 6.43. The number of hydrogen-bond donors (Lipinski definition) is 6. The van der Waals surface area contributed by atoms with E-state index in [0.29, 0.717) is 34.3 Å². The van der Waals surface area contributed by atoms with E-state index in [1.807, 2.05) is 6.92 Å². The van der Waals surface area contributed by atoms with Crippen LogP contribution in [0.5, 0.6) is 0 Å². The number of ether oxygens (including phenoxy) is 2. The summed E-state index contributed by atoms with van der Waals surface area (Å²) in [6, 6.07) is 11.7. The van der Waals surface area contributed by atoms with Crippen LogP contribution in [0.15, 0.2) is 46.9 Å². The molecule has 0 aliphatic carbocycles. The number of hydrogen-bond acceptors (Lipinski definition) is 10. The normalized spacial score (nSPS) is 34.0. The molecule has 50 heavy (non-hydrogen) atoms. The van der Waals surface area contributed by atoms with Gasteiger partial charge in [0.25, 0.3) is 11.8 Å². The van der Waals surface area contributed by atoms with Crippen molar-refractivity contribution in [3.63, 3.8) is 0 Å². The van der Waals surface area contributed by atoms with Gasteiger partial charge < -0.3 is 54.2 Å². The molecule has 0 aromatic heterocycles.